The van der Waals surface area contributed by atoms with Crippen LogP contribution in [-0.4, -0.2) is 62.5 Å². The molecule has 0 spiro atoms. The van der Waals surface area contributed by atoms with Crippen molar-refractivity contribution in [3.05, 3.63) is 35.7 Å². The van der Waals surface area contributed by atoms with Gasteiger partial charge in [-0.15, -0.1) is 5.10 Å². The lowest BCUT2D eigenvalue weighted by molar-refractivity contribution is -0.137. The number of ether oxygens (including phenoxy) is 1. The first-order valence-electron chi connectivity index (χ1n) is 9.34. The first-order valence-corrected chi connectivity index (χ1v) is 9.34. The van der Waals surface area contributed by atoms with Crippen molar-refractivity contribution >= 4 is 22.9 Å². The number of aryl methyl sites for hydroxylation is 1. The Morgan fingerprint density at radius 2 is 2.07 bits per heavy atom. The van der Waals surface area contributed by atoms with E-state index in [0.29, 0.717) is 30.8 Å². The average Bonchev–Trinajstić information content (AvgIpc) is 3.07. The van der Waals surface area contributed by atoms with E-state index in [1.54, 1.807) is 18.8 Å². The van der Waals surface area contributed by atoms with E-state index in [2.05, 4.69) is 37.3 Å². The van der Waals surface area contributed by atoms with Crippen LogP contribution >= 0.6 is 0 Å². The van der Waals surface area contributed by atoms with Crippen LogP contribution in [0.1, 0.15) is 11.1 Å². The Labute approximate surface area is 161 Å². The first kappa shape index (κ1) is 16.9. The van der Waals surface area contributed by atoms with Gasteiger partial charge in [0.1, 0.15) is 12.1 Å². The predicted octanol–water partition coefficient (Wildman–Crippen LogP) is 0.788. The van der Waals surface area contributed by atoms with E-state index >= 15 is 0 Å². The van der Waals surface area contributed by atoms with Crippen molar-refractivity contribution in [3.8, 4) is 5.75 Å². The van der Waals surface area contributed by atoms with Crippen LogP contribution in [0.3, 0.4) is 0 Å². The molecule has 0 atom stereocenters. The molecule has 1 aromatic carbocycles. The quantitative estimate of drug-likeness (QED) is 0.665. The molecule has 0 saturated carbocycles. The lowest BCUT2D eigenvalue weighted by Crippen LogP contribution is -2.55. The SMILES string of the molecule is COc1ccc2c(c1)CCN(C(=O)C1CN(c3ncnc4c3nnn4C)C1)C2. The highest BCUT2D eigenvalue weighted by Gasteiger charge is 2.38. The van der Waals surface area contributed by atoms with Crippen molar-refractivity contribution < 1.29 is 9.53 Å². The zero-order valence-corrected chi connectivity index (χ0v) is 15.9. The normalized spacial score (nSPS) is 16.8. The minimum atomic E-state index is -0.0125. The Morgan fingerprint density at radius 3 is 2.89 bits per heavy atom. The van der Waals surface area contributed by atoms with Gasteiger partial charge in [0.15, 0.2) is 17.0 Å². The molecule has 0 unspecified atom stereocenters. The van der Waals surface area contributed by atoms with Crippen LogP contribution in [0.4, 0.5) is 5.82 Å². The fourth-order valence-corrected chi connectivity index (χ4v) is 3.98. The van der Waals surface area contributed by atoms with Crippen molar-refractivity contribution in [1.82, 2.24) is 29.9 Å². The van der Waals surface area contributed by atoms with Crippen LogP contribution in [-0.2, 0) is 24.8 Å². The molecular weight excluding hydrogens is 358 g/mol. The van der Waals surface area contributed by atoms with E-state index in [0.717, 1.165) is 24.5 Å². The zero-order chi connectivity index (χ0) is 19.3. The van der Waals surface area contributed by atoms with Crippen LogP contribution in [0, 0.1) is 5.92 Å². The summed E-state index contributed by atoms with van der Waals surface area (Å²) in [6.45, 7) is 2.70. The molecule has 0 aliphatic carbocycles. The third-order valence-electron chi connectivity index (χ3n) is 5.64. The van der Waals surface area contributed by atoms with Gasteiger partial charge in [0, 0.05) is 33.2 Å². The van der Waals surface area contributed by atoms with Crippen LogP contribution in [0.25, 0.3) is 11.2 Å². The molecule has 1 amide bonds. The number of nitrogens with zero attached hydrogens (tertiary/aromatic N) is 7. The Bertz CT molecular complexity index is 1060. The zero-order valence-electron chi connectivity index (χ0n) is 15.9. The molecule has 9 nitrogen and oxygen atoms in total. The summed E-state index contributed by atoms with van der Waals surface area (Å²) in [5.41, 5.74) is 3.85. The van der Waals surface area contributed by atoms with Crippen molar-refractivity contribution in [3.63, 3.8) is 0 Å². The minimum Gasteiger partial charge on any atom is -0.497 e. The van der Waals surface area contributed by atoms with E-state index in [1.165, 1.54) is 17.5 Å². The minimum absolute atomic E-state index is 0.0125. The molecule has 2 aromatic heterocycles. The number of benzene rings is 1. The second kappa shape index (κ2) is 6.43. The van der Waals surface area contributed by atoms with Gasteiger partial charge in [-0.2, -0.15) is 0 Å². The highest BCUT2D eigenvalue weighted by Crippen LogP contribution is 2.30. The number of carbonyl (C=O) groups is 1. The Kier molecular flexibility index (Phi) is 3.88. The molecule has 144 valence electrons. The van der Waals surface area contributed by atoms with Gasteiger partial charge in [0.05, 0.1) is 13.0 Å². The maximum absolute atomic E-state index is 13.0. The Balaban J connectivity index is 1.27. The van der Waals surface area contributed by atoms with Crippen molar-refractivity contribution in [2.75, 3.05) is 31.6 Å². The maximum atomic E-state index is 13.0. The second-order valence-corrected chi connectivity index (χ2v) is 7.33. The Hall–Kier alpha value is -3.23. The molecule has 9 heteroatoms. The second-order valence-electron chi connectivity index (χ2n) is 7.33. The van der Waals surface area contributed by atoms with Crippen LogP contribution in [0.15, 0.2) is 24.5 Å². The number of fused-ring (bicyclic) bond motifs is 2. The van der Waals surface area contributed by atoms with Crippen molar-refractivity contribution in [1.29, 1.82) is 0 Å². The Morgan fingerprint density at radius 1 is 1.21 bits per heavy atom. The predicted molar refractivity (Wildman–Crippen MR) is 102 cm³/mol. The summed E-state index contributed by atoms with van der Waals surface area (Å²) in [6.07, 6.45) is 2.38. The maximum Gasteiger partial charge on any atom is 0.229 e. The molecule has 0 N–H and O–H groups in total. The summed E-state index contributed by atoms with van der Waals surface area (Å²) in [6, 6.07) is 6.09. The number of anilines is 1. The number of amides is 1. The van der Waals surface area contributed by atoms with Crippen LogP contribution < -0.4 is 9.64 Å². The van der Waals surface area contributed by atoms with E-state index in [1.807, 2.05) is 11.0 Å². The number of carbonyl (C=O) groups excluding carboxylic acids is 1. The molecule has 3 aromatic rings. The van der Waals surface area contributed by atoms with Gasteiger partial charge in [-0.05, 0) is 29.7 Å². The molecule has 2 aliphatic heterocycles. The van der Waals surface area contributed by atoms with E-state index in [4.69, 9.17) is 4.74 Å². The summed E-state index contributed by atoms with van der Waals surface area (Å²) in [4.78, 5) is 25.6. The highest BCUT2D eigenvalue weighted by atomic mass is 16.5. The summed E-state index contributed by atoms with van der Waals surface area (Å²) in [7, 11) is 3.48. The monoisotopic (exact) mass is 379 g/mol. The van der Waals surface area contributed by atoms with Gasteiger partial charge in [-0.3, -0.25) is 4.79 Å². The summed E-state index contributed by atoms with van der Waals surface area (Å²) in [5, 5.41) is 8.17. The molecule has 28 heavy (non-hydrogen) atoms. The number of hydrogen-bond donors (Lipinski definition) is 0. The molecule has 5 rings (SSSR count). The molecule has 2 aliphatic rings. The fourth-order valence-electron chi connectivity index (χ4n) is 3.98. The van der Waals surface area contributed by atoms with Gasteiger partial charge in [-0.1, -0.05) is 11.3 Å². The van der Waals surface area contributed by atoms with Gasteiger partial charge < -0.3 is 14.5 Å². The molecule has 4 heterocycles. The van der Waals surface area contributed by atoms with Gasteiger partial charge in [0.25, 0.3) is 0 Å². The standard InChI is InChI=1S/C19H21N7O2/c1-24-17-16(22-23-24)18(21-11-20-17)26-9-14(10-26)19(27)25-6-5-12-7-15(28-2)4-3-13(12)8-25/h3-4,7,11,14H,5-6,8-10H2,1-2H3. The molecule has 0 bridgehead atoms. The fraction of sp³-hybridized carbons (Fsp3) is 0.421. The largest absolute Gasteiger partial charge is 0.497 e. The van der Waals surface area contributed by atoms with Gasteiger partial charge in [-0.25, -0.2) is 14.6 Å². The number of methoxy groups -OCH3 is 1. The first-order chi connectivity index (χ1) is 13.6. The third kappa shape index (κ3) is 2.65. The highest BCUT2D eigenvalue weighted by molar-refractivity contribution is 5.86. The number of hydrogen-bond acceptors (Lipinski definition) is 7. The lowest BCUT2D eigenvalue weighted by Gasteiger charge is -2.42. The third-order valence-corrected chi connectivity index (χ3v) is 5.64. The summed E-state index contributed by atoms with van der Waals surface area (Å²) < 4.78 is 6.93. The molecule has 0 radical (unpaired) electrons. The average molecular weight is 379 g/mol. The van der Waals surface area contributed by atoms with Crippen LogP contribution in [0.5, 0.6) is 5.75 Å². The number of rotatable bonds is 3. The summed E-state index contributed by atoms with van der Waals surface area (Å²) in [5.74, 6) is 1.82. The van der Waals surface area contributed by atoms with Crippen LogP contribution in [0.2, 0.25) is 0 Å². The van der Waals surface area contributed by atoms with Crippen molar-refractivity contribution in [2.24, 2.45) is 13.0 Å². The van der Waals surface area contributed by atoms with E-state index < -0.39 is 0 Å². The summed E-state index contributed by atoms with van der Waals surface area (Å²) >= 11 is 0. The van der Waals surface area contributed by atoms with Gasteiger partial charge in [0.2, 0.25) is 5.91 Å². The van der Waals surface area contributed by atoms with Crippen molar-refractivity contribution in [2.45, 2.75) is 13.0 Å². The smallest absolute Gasteiger partial charge is 0.229 e. The topological polar surface area (TPSA) is 89.3 Å². The number of aromatic nitrogens is 5. The lowest BCUT2D eigenvalue weighted by atomic mass is 9.94. The van der Waals surface area contributed by atoms with Gasteiger partial charge >= 0.3 is 0 Å². The molecular formula is C19H21N7O2. The van der Waals surface area contributed by atoms with E-state index in [-0.39, 0.29) is 11.8 Å². The molecule has 1 saturated heterocycles. The molecule has 1 fully saturated rings. The van der Waals surface area contributed by atoms with E-state index in [9.17, 15) is 4.79 Å².